The summed E-state index contributed by atoms with van der Waals surface area (Å²) in [6, 6.07) is 5.44. The summed E-state index contributed by atoms with van der Waals surface area (Å²) in [5.74, 6) is 0.751. The second kappa shape index (κ2) is 8.61. The highest BCUT2D eigenvalue weighted by Crippen LogP contribution is 2.36. The van der Waals surface area contributed by atoms with Crippen molar-refractivity contribution in [3.05, 3.63) is 23.2 Å². The van der Waals surface area contributed by atoms with Crippen molar-refractivity contribution in [2.24, 2.45) is 0 Å². The SMILES string of the molecule is CC[NH+](CC)CCCN1C(=O)C(C)Oc2ccc(Cl)cc21.[Cl-]. The number of hydrogen-bond donors (Lipinski definition) is 1. The van der Waals surface area contributed by atoms with E-state index in [4.69, 9.17) is 16.3 Å². The van der Waals surface area contributed by atoms with E-state index in [1.807, 2.05) is 17.0 Å². The van der Waals surface area contributed by atoms with Crippen LogP contribution >= 0.6 is 11.6 Å². The topological polar surface area (TPSA) is 34.0 Å². The van der Waals surface area contributed by atoms with Gasteiger partial charge >= 0.3 is 0 Å². The number of fused-ring (bicyclic) bond motifs is 1. The van der Waals surface area contributed by atoms with Gasteiger partial charge in [-0.25, -0.2) is 0 Å². The molecule has 0 aromatic heterocycles. The lowest BCUT2D eigenvalue weighted by atomic mass is 10.1. The number of amides is 1. The molecule has 1 aliphatic heterocycles. The number of nitrogens with zero attached hydrogens (tertiary/aromatic N) is 1. The third kappa shape index (κ3) is 4.28. The Hall–Kier alpha value is -0.970. The summed E-state index contributed by atoms with van der Waals surface area (Å²) in [6.45, 7) is 10.2. The molecule has 1 heterocycles. The summed E-state index contributed by atoms with van der Waals surface area (Å²) in [5.41, 5.74) is 0.792. The van der Waals surface area contributed by atoms with Crippen LogP contribution in [0.4, 0.5) is 5.69 Å². The highest BCUT2D eigenvalue weighted by atomic mass is 35.5. The molecule has 1 aromatic rings. The van der Waals surface area contributed by atoms with Gasteiger partial charge in [0.25, 0.3) is 5.91 Å². The van der Waals surface area contributed by atoms with Crippen molar-refractivity contribution in [1.82, 2.24) is 0 Å². The molecule has 124 valence electrons. The number of benzene rings is 1. The maximum atomic E-state index is 12.4. The van der Waals surface area contributed by atoms with E-state index in [-0.39, 0.29) is 18.3 Å². The summed E-state index contributed by atoms with van der Waals surface area (Å²) in [6.07, 6.45) is 0.543. The van der Waals surface area contributed by atoms with Crippen molar-refractivity contribution < 1.29 is 26.8 Å². The summed E-state index contributed by atoms with van der Waals surface area (Å²) in [5, 5.41) is 0.624. The van der Waals surface area contributed by atoms with E-state index in [0.717, 1.165) is 37.5 Å². The largest absolute Gasteiger partial charge is 1.00 e. The van der Waals surface area contributed by atoms with Crippen molar-refractivity contribution in [1.29, 1.82) is 0 Å². The number of quaternary nitrogens is 1. The van der Waals surface area contributed by atoms with Crippen LogP contribution in [0.3, 0.4) is 0 Å². The number of carbonyl (C=O) groups is 1. The average Bonchev–Trinajstić information content (AvgIpc) is 2.48. The van der Waals surface area contributed by atoms with E-state index in [1.165, 1.54) is 0 Å². The zero-order valence-electron chi connectivity index (χ0n) is 13.4. The Bertz CT molecular complexity index is 507. The molecular weight excluding hydrogens is 323 g/mol. The van der Waals surface area contributed by atoms with Gasteiger partial charge in [-0.1, -0.05) is 11.6 Å². The molecule has 0 radical (unpaired) electrons. The summed E-state index contributed by atoms with van der Waals surface area (Å²) >= 11 is 6.06. The van der Waals surface area contributed by atoms with Crippen LogP contribution in [0.2, 0.25) is 5.02 Å². The van der Waals surface area contributed by atoms with Crippen LogP contribution in [0.5, 0.6) is 5.75 Å². The molecule has 1 unspecified atom stereocenters. The standard InChI is InChI=1S/C16H23ClN2O2.ClH/c1-4-18(5-2)9-6-10-19-14-11-13(17)7-8-15(14)21-12(3)16(19)20;/h7-8,11-12H,4-6,9-10H2,1-3H3;1H. The molecule has 4 nitrogen and oxygen atoms in total. The Morgan fingerprint density at radius 3 is 2.64 bits per heavy atom. The Kier molecular flexibility index (Phi) is 7.46. The lowest BCUT2D eigenvalue weighted by molar-refractivity contribution is -0.896. The fraction of sp³-hybridized carbons (Fsp3) is 0.562. The third-order valence-electron chi connectivity index (χ3n) is 4.04. The van der Waals surface area contributed by atoms with Gasteiger partial charge < -0.3 is 26.9 Å². The average molecular weight is 347 g/mol. The molecule has 22 heavy (non-hydrogen) atoms. The van der Waals surface area contributed by atoms with E-state index < -0.39 is 6.10 Å². The number of halogens is 2. The maximum absolute atomic E-state index is 12.4. The molecule has 1 aliphatic rings. The van der Waals surface area contributed by atoms with E-state index in [0.29, 0.717) is 11.6 Å². The minimum Gasteiger partial charge on any atom is -1.00 e. The highest BCUT2D eigenvalue weighted by molar-refractivity contribution is 6.31. The van der Waals surface area contributed by atoms with E-state index in [2.05, 4.69) is 13.8 Å². The second-order valence-corrected chi connectivity index (χ2v) is 5.86. The number of nitrogens with one attached hydrogen (secondary N) is 1. The first-order valence-corrected chi connectivity index (χ1v) is 8.05. The second-order valence-electron chi connectivity index (χ2n) is 5.42. The van der Waals surface area contributed by atoms with Gasteiger partial charge in [-0.15, -0.1) is 0 Å². The lowest BCUT2D eigenvalue weighted by Crippen LogP contribution is -3.11. The van der Waals surface area contributed by atoms with Gasteiger partial charge in [-0.3, -0.25) is 4.79 Å². The minimum atomic E-state index is -0.431. The fourth-order valence-corrected chi connectivity index (χ4v) is 2.87. The number of rotatable bonds is 6. The van der Waals surface area contributed by atoms with Crippen molar-refractivity contribution >= 4 is 23.2 Å². The summed E-state index contributed by atoms with van der Waals surface area (Å²) in [7, 11) is 0. The Labute approximate surface area is 143 Å². The van der Waals surface area contributed by atoms with Gasteiger partial charge in [-0.2, -0.15) is 0 Å². The van der Waals surface area contributed by atoms with Gasteiger partial charge in [0.1, 0.15) is 5.75 Å². The quantitative estimate of drug-likeness (QED) is 0.700. The first-order chi connectivity index (χ1) is 10.1. The van der Waals surface area contributed by atoms with Gasteiger partial charge in [-0.05, 0) is 39.0 Å². The molecule has 1 aromatic carbocycles. The van der Waals surface area contributed by atoms with Crippen LogP contribution in [-0.2, 0) is 4.79 Å². The van der Waals surface area contributed by atoms with E-state index >= 15 is 0 Å². The molecule has 0 fully saturated rings. The van der Waals surface area contributed by atoms with Crippen LogP contribution in [-0.4, -0.2) is 38.2 Å². The number of hydrogen-bond acceptors (Lipinski definition) is 2. The van der Waals surface area contributed by atoms with Crippen molar-refractivity contribution in [3.63, 3.8) is 0 Å². The molecule has 6 heteroatoms. The highest BCUT2D eigenvalue weighted by Gasteiger charge is 2.31. The lowest BCUT2D eigenvalue weighted by Gasteiger charge is -2.33. The molecule has 1 amide bonds. The van der Waals surface area contributed by atoms with Gasteiger partial charge in [0, 0.05) is 18.0 Å². The summed E-state index contributed by atoms with van der Waals surface area (Å²) < 4.78 is 5.64. The zero-order chi connectivity index (χ0) is 15.4. The van der Waals surface area contributed by atoms with Gasteiger partial charge in [0.2, 0.25) is 0 Å². The van der Waals surface area contributed by atoms with Crippen LogP contribution in [0, 0.1) is 0 Å². The monoisotopic (exact) mass is 346 g/mol. The van der Waals surface area contributed by atoms with Crippen LogP contribution in [0.1, 0.15) is 27.2 Å². The first-order valence-electron chi connectivity index (χ1n) is 7.68. The normalized spacial score (nSPS) is 17.0. The zero-order valence-corrected chi connectivity index (χ0v) is 14.9. The molecule has 1 N–H and O–H groups in total. The predicted molar refractivity (Wildman–Crippen MR) is 85.4 cm³/mol. The van der Waals surface area contributed by atoms with E-state index in [1.54, 1.807) is 17.9 Å². The molecule has 1 atom stereocenters. The Morgan fingerprint density at radius 1 is 1.32 bits per heavy atom. The Balaban J connectivity index is 0.00000242. The molecule has 0 aliphatic carbocycles. The maximum Gasteiger partial charge on any atom is 0.267 e. The molecule has 0 saturated carbocycles. The predicted octanol–water partition coefficient (Wildman–Crippen LogP) is -1.23. The minimum absolute atomic E-state index is 0. The number of anilines is 1. The fourth-order valence-electron chi connectivity index (χ4n) is 2.70. The molecule has 0 spiro atoms. The van der Waals surface area contributed by atoms with Crippen molar-refractivity contribution in [2.45, 2.75) is 33.3 Å². The van der Waals surface area contributed by atoms with Crippen molar-refractivity contribution in [3.8, 4) is 5.75 Å². The Morgan fingerprint density at radius 2 is 2.00 bits per heavy atom. The molecule has 2 rings (SSSR count). The first kappa shape index (κ1) is 19.1. The molecular formula is C16H24Cl2N2O2. The van der Waals surface area contributed by atoms with Gasteiger partial charge in [0.15, 0.2) is 6.10 Å². The third-order valence-corrected chi connectivity index (χ3v) is 4.28. The van der Waals surface area contributed by atoms with Crippen LogP contribution < -0.4 is 26.9 Å². The molecule has 0 saturated heterocycles. The van der Waals surface area contributed by atoms with Crippen LogP contribution in [0.15, 0.2) is 18.2 Å². The summed E-state index contributed by atoms with van der Waals surface area (Å²) in [4.78, 5) is 15.7. The smallest absolute Gasteiger partial charge is 0.267 e. The molecule has 0 bridgehead atoms. The number of ether oxygens (including phenoxy) is 1. The van der Waals surface area contributed by atoms with Crippen LogP contribution in [0.25, 0.3) is 0 Å². The number of carbonyl (C=O) groups excluding carboxylic acids is 1. The van der Waals surface area contributed by atoms with Crippen molar-refractivity contribution in [2.75, 3.05) is 31.1 Å². The van der Waals surface area contributed by atoms with E-state index in [9.17, 15) is 4.79 Å². The van der Waals surface area contributed by atoms with Gasteiger partial charge in [0.05, 0.1) is 25.3 Å².